The number of furan rings is 2. The smallest absolute Gasteiger partial charge is 0.159 e. The van der Waals surface area contributed by atoms with Gasteiger partial charge in [-0.2, -0.15) is 0 Å². The largest absolute Gasteiger partial charge is 0.456 e. The monoisotopic (exact) mass is 551 g/mol. The van der Waals surface area contributed by atoms with Gasteiger partial charge in [-0.05, 0) is 70.4 Å². The minimum Gasteiger partial charge on any atom is -0.456 e. The van der Waals surface area contributed by atoms with Crippen LogP contribution in [-0.4, -0.2) is 0 Å². The third-order valence-corrected chi connectivity index (χ3v) is 8.47. The predicted molar refractivity (Wildman–Crippen MR) is 179 cm³/mol. The standard InChI is InChI=1S/C40H25NO2/c1-2-11-30-26(9-1)10-7-14-31(30)27-19-21-28(22-20-27)41(29-23-24-39-35(25-29)33-13-4-5-17-37(33)42-39)36-16-8-15-34-32-12-3-6-18-38(32)43-40(34)36/h1-25H. The average molecular weight is 552 g/mol. The number of nitrogens with zero attached hydrogens (tertiary/aromatic N) is 1. The molecule has 3 nitrogen and oxygen atoms in total. The Morgan fingerprint density at radius 1 is 0.395 bits per heavy atom. The van der Waals surface area contributed by atoms with E-state index in [1.165, 1.54) is 21.9 Å². The minimum atomic E-state index is 0.860. The number of hydrogen-bond donors (Lipinski definition) is 0. The quantitative estimate of drug-likeness (QED) is 0.218. The SMILES string of the molecule is c1ccc2c(-c3ccc(N(c4ccc5oc6ccccc6c5c4)c4cccc5c4oc4ccccc45)cc3)cccc2c1. The third-order valence-electron chi connectivity index (χ3n) is 8.47. The first-order valence-electron chi connectivity index (χ1n) is 14.5. The van der Waals surface area contributed by atoms with Gasteiger partial charge in [0.2, 0.25) is 0 Å². The van der Waals surface area contributed by atoms with Crippen LogP contribution in [0.5, 0.6) is 0 Å². The van der Waals surface area contributed by atoms with E-state index in [1.807, 2.05) is 24.3 Å². The Balaban J connectivity index is 1.26. The van der Waals surface area contributed by atoms with Crippen molar-refractivity contribution in [3.8, 4) is 11.1 Å². The zero-order valence-corrected chi connectivity index (χ0v) is 23.2. The maximum atomic E-state index is 6.53. The fourth-order valence-corrected chi connectivity index (χ4v) is 6.46. The number of rotatable bonds is 4. The number of hydrogen-bond acceptors (Lipinski definition) is 3. The van der Waals surface area contributed by atoms with Gasteiger partial charge in [0, 0.05) is 32.9 Å². The third kappa shape index (κ3) is 3.75. The van der Waals surface area contributed by atoms with E-state index in [0.29, 0.717) is 0 Å². The van der Waals surface area contributed by atoms with Gasteiger partial charge in [-0.3, -0.25) is 0 Å². The van der Waals surface area contributed by atoms with E-state index in [1.54, 1.807) is 0 Å². The molecule has 0 fully saturated rings. The molecule has 0 aliphatic carbocycles. The average Bonchev–Trinajstić information content (AvgIpc) is 3.64. The molecule has 7 aromatic carbocycles. The Morgan fingerprint density at radius 2 is 1.00 bits per heavy atom. The lowest BCUT2D eigenvalue weighted by Crippen LogP contribution is -2.10. The topological polar surface area (TPSA) is 29.5 Å². The van der Waals surface area contributed by atoms with Crippen molar-refractivity contribution in [2.45, 2.75) is 0 Å². The van der Waals surface area contributed by atoms with Crippen molar-refractivity contribution >= 4 is 71.7 Å². The van der Waals surface area contributed by atoms with Crippen LogP contribution in [0.4, 0.5) is 17.1 Å². The molecule has 202 valence electrons. The molecule has 2 aromatic heterocycles. The molecule has 0 amide bonds. The number of para-hydroxylation sites is 3. The van der Waals surface area contributed by atoms with Gasteiger partial charge in [0.05, 0.1) is 5.69 Å². The summed E-state index contributed by atoms with van der Waals surface area (Å²) in [6, 6.07) is 53.1. The van der Waals surface area contributed by atoms with Crippen molar-refractivity contribution in [1.82, 2.24) is 0 Å². The fourth-order valence-electron chi connectivity index (χ4n) is 6.46. The summed E-state index contributed by atoms with van der Waals surface area (Å²) in [4.78, 5) is 2.29. The first kappa shape index (κ1) is 23.9. The summed E-state index contributed by atoms with van der Waals surface area (Å²) in [7, 11) is 0. The number of benzene rings is 7. The van der Waals surface area contributed by atoms with Crippen molar-refractivity contribution in [2.75, 3.05) is 4.90 Å². The molecule has 2 heterocycles. The second-order valence-electron chi connectivity index (χ2n) is 10.9. The highest BCUT2D eigenvalue weighted by Crippen LogP contribution is 2.44. The highest BCUT2D eigenvalue weighted by Gasteiger charge is 2.20. The van der Waals surface area contributed by atoms with Gasteiger partial charge in [-0.25, -0.2) is 0 Å². The van der Waals surface area contributed by atoms with Crippen LogP contribution in [0.3, 0.4) is 0 Å². The predicted octanol–water partition coefficient (Wildman–Crippen LogP) is 11.8. The zero-order valence-electron chi connectivity index (χ0n) is 23.2. The van der Waals surface area contributed by atoms with Gasteiger partial charge in [-0.15, -0.1) is 0 Å². The number of fused-ring (bicyclic) bond motifs is 7. The van der Waals surface area contributed by atoms with Crippen molar-refractivity contribution in [3.63, 3.8) is 0 Å². The van der Waals surface area contributed by atoms with E-state index >= 15 is 0 Å². The van der Waals surface area contributed by atoms with E-state index in [4.69, 9.17) is 8.83 Å². The van der Waals surface area contributed by atoms with E-state index in [2.05, 4.69) is 132 Å². The van der Waals surface area contributed by atoms with Crippen molar-refractivity contribution in [1.29, 1.82) is 0 Å². The lowest BCUT2D eigenvalue weighted by molar-refractivity contribution is 0.669. The first-order chi connectivity index (χ1) is 21.3. The zero-order chi connectivity index (χ0) is 28.3. The van der Waals surface area contributed by atoms with Crippen molar-refractivity contribution in [2.24, 2.45) is 0 Å². The lowest BCUT2D eigenvalue weighted by Gasteiger charge is -2.26. The molecule has 0 saturated carbocycles. The lowest BCUT2D eigenvalue weighted by atomic mass is 9.98. The van der Waals surface area contributed by atoms with E-state index in [-0.39, 0.29) is 0 Å². The van der Waals surface area contributed by atoms with Gasteiger partial charge in [0.1, 0.15) is 16.7 Å². The highest BCUT2D eigenvalue weighted by atomic mass is 16.3. The highest BCUT2D eigenvalue weighted by molar-refractivity contribution is 6.11. The molecular weight excluding hydrogens is 526 g/mol. The molecule has 43 heavy (non-hydrogen) atoms. The summed E-state index contributed by atoms with van der Waals surface area (Å²) in [6.07, 6.45) is 0. The molecule has 0 unspecified atom stereocenters. The first-order valence-corrected chi connectivity index (χ1v) is 14.5. The molecule has 9 aromatic rings. The minimum absolute atomic E-state index is 0.860. The summed E-state index contributed by atoms with van der Waals surface area (Å²) in [5.41, 5.74) is 8.97. The van der Waals surface area contributed by atoms with E-state index in [9.17, 15) is 0 Å². The van der Waals surface area contributed by atoms with Crippen LogP contribution in [-0.2, 0) is 0 Å². The van der Waals surface area contributed by atoms with Crippen molar-refractivity contribution in [3.05, 3.63) is 152 Å². The van der Waals surface area contributed by atoms with Gasteiger partial charge < -0.3 is 13.7 Å². The maximum Gasteiger partial charge on any atom is 0.159 e. The molecule has 0 saturated heterocycles. The normalized spacial score (nSPS) is 11.7. The second-order valence-corrected chi connectivity index (χ2v) is 10.9. The summed E-state index contributed by atoms with van der Waals surface area (Å²) < 4.78 is 12.7. The van der Waals surface area contributed by atoms with E-state index in [0.717, 1.165) is 60.9 Å². The van der Waals surface area contributed by atoms with Crippen LogP contribution >= 0.6 is 0 Å². The Kier molecular flexibility index (Phi) is 5.20. The molecule has 0 aliphatic heterocycles. The second kappa shape index (κ2) is 9.37. The summed E-state index contributed by atoms with van der Waals surface area (Å²) in [6.45, 7) is 0. The summed E-state index contributed by atoms with van der Waals surface area (Å²) in [5.74, 6) is 0. The van der Waals surface area contributed by atoms with Gasteiger partial charge in [0.15, 0.2) is 5.58 Å². The van der Waals surface area contributed by atoms with E-state index < -0.39 is 0 Å². The van der Waals surface area contributed by atoms with Crippen LogP contribution < -0.4 is 4.90 Å². The Bertz CT molecular complexity index is 2460. The molecule has 0 spiro atoms. The van der Waals surface area contributed by atoms with Crippen LogP contribution in [0, 0.1) is 0 Å². The van der Waals surface area contributed by atoms with Crippen molar-refractivity contribution < 1.29 is 8.83 Å². The molecular formula is C40H25NO2. The van der Waals surface area contributed by atoms with Crippen LogP contribution in [0.2, 0.25) is 0 Å². The van der Waals surface area contributed by atoms with Crippen LogP contribution in [0.25, 0.3) is 65.8 Å². The molecule has 0 N–H and O–H groups in total. The van der Waals surface area contributed by atoms with Crippen LogP contribution in [0.15, 0.2) is 160 Å². The molecule has 3 heteroatoms. The Morgan fingerprint density at radius 3 is 1.84 bits per heavy atom. The number of anilines is 3. The summed E-state index contributed by atoms with van der Waals surface area (Å²) in [5, 5.41) is 6.89. The van der Waals surface area contributed by atoms with Gasteiger partial charge >= 0.3 is 0 Å². The Hall–Kier alpha value is -5.80. The van der Waals surface area contributed by atoms with Gasteiger partial charge in [-0.1, -0.05) is 103 Å². The molecule has 0 aliphatic rings. The molecule has 9 rings (SSSR count). The Labute approximate surface area is 247 Å². The fraction of sp³-hybridized carbons (Fsp3) is 0. The maximum absolute atomic E-state index is 6.53. The van der Waals surface area contributed by atoms with Crippen LogP contribution in [0.1, 0.15) is 0 Å². The molecule has 0 bridgehead atoms. The molecule has 0 atom stereocenters. The summed E-state index contributed by atoms with van der Waals surface area (Å²) >= 11 is 0. The van der Waals surface area contributed by atoms with Gasteiger partial charge in [0.25, 0.3) is 0 Å². The molecule has 0 radical (unpaired) electrons.